The third-order valence-electron chi connectivity index (χ3n) is 3.60. The number of rotatable bonds is 6. The summed E-state index contributed by atoms with van der Waals surface area (Å²) in [4.78, 5) is 12.3. The van der Waals surface area contributed by atoms with E-state index in [0.29, 0.717) is 17.1 Å². The largest absolute Gasteiger partial charge is 0.493 e. The Morgan fingerprint density at radius 3 is 2.50 bits per heavy atom. The summed E-state index contributed by atoms with van der Waals surface area (Å²) >= 11 is 0. The maximum Gasteiger partial charge on any atom is 0.265 e. The summed E-state index contributed by atoms with van der Waals surface area (Å²) in [5.74, 6) is 0.576. The molecule has 2 aromatic rings. The second-order valence-corrected chi connectivity index (χ2v) is 5.28. The Balaban J connectivity index is 2.04. The fraction of sp³-hybridized carbons (Fsp3) is 0.263. The molecule has 5 heteroatoms. The smallest absolute Gasteiger partial charge is 0.265 e. The van der Waals surface area contributed by atoms with Gasteiger partial charge in [0, 0.05) is 11.8 Å². The van der Waals surface area contributed by atoms with Crippen LogP contribution >= 0.6 is 0 Å². The average molecular weight is 324 g/mol. The second kappa shape index (κ2) is 8.02. The highest BCUT2D eigenvalue weighted by Gasteiger charge is 2.17. The van der Waals surface area contributed by atoms with Crippen LogP contribution in [0.4, 0.5) is 5.69 Å². The molecule has 5 nitrogen and oxygen atoms in total. The summed E-state index contributed by atoms with van der Waals surface area (Å²) in [6.45, 7) is 3.74. The van der Waals surface area contributed by atoms with E-state index in [4.69, 9.17) is 14.7 Å². The van der Waals surface area contributed by atoms with Crippen LogP contribution in [0.25, 0.3) is 0 Å². The van der Waals surface area contributed by atoms with Gasteiger partial charge in [-0.15, -0.1) is 0 Å². The van der Waals surface area contributed by atoms with Gasteiger partial charge in [-0.1, -0.05) is 19.1 Å². The van der Waals surface area contributed by atoms with Gasteiger partial charge in [0.15, 0.2) is 17.6 Å². The first-order valence-electron chi connectivity index (χ1n) is 7.72. The quantitative estimate of drug-likeness (QED) is 0.882. The highest BCUT2D eigenvalue weighted by atomic mass is 16.5. The molecule has 0 heterocycles. The molecule has 2 rings (SSSR count). The van der Waals surface area contributed by atoms with Crippen LogP contribution in [0.1, 0.15) is 25.0 Å². The van der Waals surface area contributed by atoms with Crippen LogP contribution in [0.2, 0.25) is 0 Å². The van der Waals surface area contributed by atoms with Crippen molar-refractivity contribution in [2.75, 3.05) is 12.4 Å². The van der Waals surface area contributed by atoms with Crippen molar-refractivity contribution in [2.24, 2.45) is 0 Å². The molecule has 1 N–H and O–H groups in total. The number of anilines is 1. The zero-order valence-corrected chi connectivity index (χ0v) is 14.0. The number of carbonyl (C=O) groups is 1. The van der Waals surface area contributed by atoms with E-state index in [9.17, 15) is 4.79 Å². The van der Waals surface area contributed by atoms with Crippen molar-refractivity contribution in [3.05, 3.63) is 53.6 Å². The lowest BCUT2D eigenvalue weighted by Gasteiger charge is -2.17. The predicted octanol–water partition coefficient (Wildman–Crippen LogP) is 3.54. The Hall–Kier alpha value is -3.00. The molecule has 0 aliphatic rings. The van der Waals surface area contributed by atoms with Crippen molar-refractivity contribution >= 4 is 11.6 Å². The van der Waals surface area contributed by atoms with Crippen molar-refractivity contribution in [3.63, 3.8) is 0 Å². The van der Waals surface area contributed by atoms with Crippen molar-refractivity contribution in [1.82, 2.24) is 0 Å². The number of nitrogens with zero attached hydrogens (tertiary/aromatic N) is 1. The van der Waals surface area contributed by atoms with Gasteiger partial charge in [-0.05, 0) is 43.2 Å². The second-order valence-electron chi connectivity index (χ2n) is 5.28. The van der Waals surface area contributed by atoms with E-state index in [1.807, 2.05) is 30.3 Å². The molecule has 0 saturated carbocycles. The van der Waals surface area contributed by atoms with Crippen LogP contribution in [-0.4, -0.2) is 19.1 Å². The molecule has 0 radical (unpaired) electrons. The number of aryl methyl sites for hydroxylation is 1. The summed E-state index contributed by atoms with van der Waals surface area (Å²) in [5, 5.41) is 11.7. The number of hydrogen-bond acceptors (Lipinski definition) is 4. The number of benzene rings is 2. The first-order valence-corrected chi connectivity index (χ1v) is 7.72. The maximum absolute atomic E-state index is 12.3. The number of ether oxygens (including phenoxy) is 2. The molecule has 0 aromatic heterocycles. The van der Waals surface area contributed by atoms with E-state index in [0.717, 1.165) is 12.1 Å². The standard InChI is InChI=1S/C19H20N2O3/c1-4-14-5-8-16(9-6-14)21-19(22)13(2)24-17-10-7-15(12-20)11-18(17)23-3/h5-11,13H,4H2,1-3H3,(H,21,22). The number of amides is 1. The topological polar surface area (TPSA) is 71.3 Å². The molecule has 0 fully saturated rings. The Labute approximate surface area is 141 Å². The minimum absolute atomic E-state index is 0.259. The lowest BCUT2D eigenvalue weighted by molar-refractivity contribution is -0.122. The van der Waals surface area contributed by atoms with E-state index < -0.39 is 6.10 Å². The normalized spacial score (nSPS) is 11.2. The van der Waals surface area contributed by atoms with Gasteiger partial charge < -0.3 is 14.8 Å². The Morgan fingerprint density at radius 2 is 1.92 bits per heavy atom. The Bertz CT molecular complexity index is 748. The van der Waals surface area contributed by atoms with Gasteiger partial charge >= 0.3 is 0 Å². The summed E-state index contributed by atoms with van der Waals surface area (Å²) in [6.07, 6.45) is 0.240. The SMILES string of the molecule is CCc1ccc(NC(=O)C(C)Oc2ccc(C#N)cc2OC)cc1. The van der Waals surface area contributed by atoms with Gasteiger partial charge in [0.1, 0.15) is 0 Å². The monoisotopic (exact) mass is 324 g/mol. The first-order chi connectivity index (χ1) is 11.6. The fourth-order valence-corrected chi connectivity index (χ4v) is 2.15. The Morgan fingerprint density at radius 1 is 1.21 bits per heavy atom. The molecular formula is C19H20N2O3. The minimum Gasteiger partial charge on any atom is -0.493 e. The van der Waals surface area contributed by atoms with Gasteiger partial charge in [-0.25, -0.2) is 0 Å². The average Bonchev–Trinajstić information content (AvgIpc) is 2.62. The molecule has 1 amide bonds. The predicted molar refractivity (Wildman–Crippen MR) is 92.2 cm³/mol. The third kappa shape index (κ3) is 4.26. The number of carbonyl (C=O) groups excluding carboxylic acids is 1. The van der Waals surface area contributed by atoms with E-state index in [1.165, 1.54) is 12.7 Å². The van der Waals surface area contributed by atoms with Gasteiger partial charge in [-0.2, -0.15) is 5.26 Å². The van der Waals surface area contributed by atoms with Crippen LogP contribution in [0, 0.1) is 11.3 Å². The van der Waals surface area contributed by atoms with Gasteiger partial charge in [0.05, 0.1) is 18.7 Å². The van der Waals surface area contributed by atoms with Crippen molar-refractivity contribution in [3.8, 4) is 17.6 Å². The Kier molecular flexibility index (Phi) is 5.80. The molecule has 0 spiro atoms. The molecule has 2 aromatic carbocycles. The summed E-state index contributed by atoms with van der Waals surface area (Å²) < 4.78 is 10.9. The van der Waals surface area contributed by atoms with Crippen molar-refractivity contribution < 1.29 is 14.3 Å². The molecule has 24 heavy (non-hydrogen) atoms. The molecule has 124 valence electrons. The molecule has 1 unspecified atom stereocenters. The van der Waals surface area contributed by atoms with Crippen LogP contribution in [0.15, 0.2) is 42.5 Å². The van der Waals surface area contributed by atoms with Crippen LogP contribution < -0.4 is 14.8 Å². The van der Waals surface area contributed by atoms with E-state index >= 15 is 0 Å². The third-order valence-corrected chi connectivity index (χ3v) is 3.60. The molecule has 0 bridgehead atoms. The van der Waals surface area contributed by atoms with Gasteiger partial charge in [0.25, 0.3) is 5.91 Å². The number of hydrogen-bond donors (Lipinski definition) is 1. The zero-order chi connectivity index (χ0) is 17.5. The van der Waals surface area contributed by atoms with Crippen molar-refractivity contribution in [2.45, 2.75) is 26.4 Å². The van der Waals surface area contributed by atoms with Crippen LogP contribution in [0.5, 0.6) is 11.5 Å². The van der Waals surface area contributed by atoms with E-state index in [-0.39, 0.29) is 5.91 Å². The lowest BCUT2D eigenvalue weighted by atomic mass is 10.1. The first kappa shape index (κ1) is 17.4. The molecular weight excluding hydrogens is 304 g/mol. The highest BCUT2D eigenvalue weighted by molar-refractivity contribution is 5.94. The molecule has 1 atom stereocenters. The van der Waals surface area contributed by atoms with Crippen molar-refractivity contribution in [1.29, 1.82) is 5.26 Å². The minimum atomic E-state index is -0.710. The van der Waals surface area contributed by atoms with E-state index in [2.05, 4.69) is 12.2 Å². The van der Waals surface area contributed by atoms with Crippen LogP contribution in [-0.2, 0) is 11.2 Å². The number of nitrogens with one attached hydrogen (secondary N) is 1. The highest BCUT2D eigenvalue weighted by Crippen LogP contribution is 2.28. The van der Waals surface area contributed by atoms with Gasteiger partial charge in [-0.3, -0.25) is 4.79 Å². The molecule has 0 saturated heterocycles. The summed E-state index contributed by atoms with van der Waals surface area (Å²) in [5.41, 5.74) is 2.39. The lowest BCUT2D eigenvalue weighted by Crippen LogP contribution is -2.30. The summed E-state index contributed by atoms with van der Waals surface area (Å²) in [6, 6.07) is 14.5. The van der Waals surface area contributed by atoms with E-state index in [1.54, 1.807) is 25.1 Å². The maximum atomic E-state index is 12.3. The van der Waals surface area contributed by atoms with Crippen LogP contribution in [0.3, 0.4) is 0 Å². The zero-order valence-electron chi connectivity index (χ0n) is 14.0. The number of nitriles is 1. The summed E-state index contributed by atoms with van der Waals surface area (Å²) in [7, 11) is 1.49. The molecule has 0 aliphatic heterocycles. The molecule has 0 aliphatic carbocycles. The fourth-order valence-electron chi connectivity index (χ4n) is 2.15. The number of methoxy groups -OCH3 is 1. The van der Waals surface area contributed by atoms with Gasteiger partial charge in [0.2, 0.25) is 0 Å².